The molecule has 0 unspecified atom stereocenters. The summed E-state index contributed by atoms with van der Waals surface area (Å²) < 4.78 is 13.3. The van der Waals surface area contributed by atoms with Gasteiger partial charge in [0.2, 0.25) is 5.43 Å². The molecule has 2 aliphatic heterocycles. The van der Waals surface area contributed by atoms with Crippen LogP contribution in [0.2, 0.25) is 0 Å². The maximum absolute atomic E-state index is 13.6. The molecule has 5 rings (SSSR count). The first kappa shape index (κ1) is 24.1. The van der Waals surface area contributed by atoms with Crippen LogP contribution in [-0.2, 0) is 4.74 Å². The summed E-state index contributed by atoms with van der Waals surface area (Å²) in [5.74, 6) is -0.318. The zero-order valence-corrected chi connectivity index (χ0v) is 18.7. The van der Waals surface area contributed by atoms with Gasteiger partial charge in [0.1, 0.15) is 24.6 Å². The molecule has 0 spiro atoms. The molecule has 3 heterocycles. The molecule has 1 amide bonds. The maximum atomic E-state index is 13.6. The Morgan fingerprint density at radius 1 is 1.03 bits per heavy atom. The van der Waals surface area contributed by atoms with Crippen LogP contribution in [0.15, 0.2) is 83.8 Å². The smallest absolute Gasteiger partial charge is 0.278 e. The number of hydrogen-bond donors (Lipinski definition) is 1. The van der Waals surface area contributed by atoms with Gasteiger partial charge >= 0.3 is 0 Å². The standard InChI is InChI=1S/C26H25N3O5.CH4/c1-33-17-22-27-14-7-8-16-34-21-12-6-5-11-19(21)23(18-9-3-2-4-10-18)29(22)28-15-13-20(30)25(31)24(28)26(27)32;/h2-13,15,22-23,31H,14,16-17H2,1H3;1H4/b8-7-;/t22-,23-;/m0./s1. The van der Waals surface area contributed by atoms with E-state index in [0.29, 0.717) is 12.4 Å². The van der Waals surface area contributed by atoms with E-state index in [1.807, 2.05) is 71.8 Å². The van der Waals surface area contributed by atoms with E-state index in [4.69, 9.17) is 9.47 Å². The highest BCUT2D eigenvalue weighted by Gasteiger charge is 2.43. The van der Waals surface area contributed by atoms with E-state index in [2.05, 4.69) is 0 Å². The number of aromatic nitrogens is 1. The lowest BCUT2D eigenvalue weighted by atomic mass is 9.96. The summed E-state index contributed by atoms with van der Waals surface area (Å²) >= 11 is 0. The summed E-state index contributed by atoms with van der Waals surface area (Å²) in [6, 6.07) is 18.5. The molecular weight excluding hydrogens is 446 g/mol. The van der Waals surface area contributed by atoms with Crippen molar-refractivity contribution in [2.75, 3.05) is 31.9 Å². The lowest BCUT2D eigenvalue weighted by molar-refractivity contribution is 0.0388. The van der Waals surface area contributed by atoms with Crippen LogP contribution in [0.1, 0.15) is 35.1 Å². The summed E-state index contributed by atoms with van der Waals surface area (Å²) in [6.07, 6.45) is 4.70. The molecule has 0 radical (unpaired) electrons. The van der Waals surface area contributed by atoms with Crippen LogP contribution in [0.3, 0.4) is 0 Å². The fourth-order valence-corrected chi connectivity index (χ4v) is 4.62. The molecule has 35 heavy (non-hydrogen) atoms. The van der Waals surface area contributed by atoms with Crippen molar-refractivity contribution in [3.63, 3.8) is 0 Å². The fourth-order valence-electron chi connectivity index (χ4n) is 4.62. The lowest BCUT2D eigenvalue weighted by Crippen LogP contribution is -2.64. The van der Waals surface area contributed by atoms with Gasteiger partial charge in [-0.15, -0.1) is 0 Å². The van der Waals surface area contributed by atoms with Crippen LogP contribution in [0, 0.1) is 0 Å². The predicted octanol–water partition coefficient (Wildman–Crippen LogP) is 3.29. The number of nitrogens with zero attached hydrogens (tertiary/aromatic N) is 3. The Morgan fingerprint density at radius 3 is 2.54 bits per heavy atom. The first-order chi connectivity index (χ1) is 16.6. The Bertz CT molecular complexity index is 1290. The Morgan fingerprint density at radius 2 is 1.77 bits per heavy atom. The van der Waals surface area contributed by atoms with Gasteiger partial charge in [-0.3, -0.25) is 19.3 Å². The minimum absolute atomic E-state index is 0. The quantitative estimate of drug-likeness (QED) is 0.586. The van der Waals surface area contributed by atoms with Crippen LogP contribution >= 0.6 is 0 Å². The molecule has 1 N–H and O–H groups in total. The number of rotatable bonds is 3. The summed E-state index contributed by atoms with van der Waals surface area (Å²) in [5, 5.41) is 12.7. The van der Waals surface area contributed by atoms with Crippen LogP contribution in [-0.4, -0.2) is 53.6 Å². The molecule has 0 saturated carbocycles. The Hall–Kier alpha value is -4.04. The number of pyridine rings is 1. The van der Waals surface area contributed by atoms with Crippen molar-refractivity contribution in [2.24, 2.45) is 0 Å². The number of benzene rings is 2. The van der Waals surface area contributed by atoms with Crippen molar-refractivity contribution in [3.05, 3.63) is 106 Å². The number of methoxy groups -OCH3 is 1. The second-order valence-electron chi connectivity index (χ2n) is 8.13. The Balaban J connectivity index is 0.00000289. The number of para-hydroxylation sites is 1. The molecule has 2 atom stereocenters. The SMILES string of the molecule is C.COC[C@H]1N2C/C=C\COc3ccccc3[C@H](c3ccccc3)N1n1ccc(=O)c(O)c1C2=O. The van der Waals surface area contributed by atoms with Crippen molar-refractivity contribution in [3.8, 4) is 11.5 Å². The topological polar surface area (TPSA) is 84.2 Å². The van der Waals surface area contributed by atoms with Gasteiger partial charge < -0.3 is 19.5 Å². The summed E-state index contributed by atoms with van der Waals surface area (Å²) in [4.78, 5) is 27.5. The van der Waals surface area contributed by atoms with E-state index >= 15 is 0 Å². The number of ether oxygens (including phenoxy) is 2. The number of amides is 1. The number of aromatic hydroxyl groups is 1. The number of carbonyl (C=O) groups excluding carboxylic acids is 1. The van der Waals surface area contributed by atoms with Gasteiger partial charge in [0.05, 0.1) is 6.61 Å². The van der Waals surface area contributed by atoms with E-state index < -0.39 is 29.3 Å². The normalized spacial score (nSPS) is 20.0. The highest BCUT2D eigenvalue weighted by Crippen LogP contribution is 2.38. The molecule has 3 aromatic rings. The van der Waals surface area contributed by atoms with E-state index in [0.717, 1.165) is 11.1 Å². The molecule has 0 saturated heterocycles. The van der Waals surface area contributed by atoms with Crippen molar-refractivity contribution in [1.29, 1.82) is 0 Å². The first-order valence-corrected chi connectivity index (χ1v) is 11.1. The third kappa shape index (κ3) is 4.17. The highest BCUT2D eigenvalue weighted by atomic mass is 16.5. The largest absolute Gasteiger partial charge is 0.502 e. The van der Waals surface area contributed by atoms with Crippen molar-refractivity contribution in [2.45, 2.75) is 19.6 Å². The van der Waals surface area contributed by atoms with E-state index in [-0.39, 0.29) is 26.3 Å². The third-order valence-corrected chi connectivity index (χ3v) is 6.14. The third-order valence-electron chi connectivity index (χ3n) is 6.14. The second-order valence-corrected chi connectivity index (χ2v) is 8.13. The Labute approximate surface area is 204 Å². The monoisotopic (exact) mass is 475 g/mol. The van der Waals surface area contributed by atoms with Gasteiger partial charge in [-0.05, 0) is 17.7 Å². The van der Waals surface area contributed by atoms with E-state index in [1.165, 1.54) is 12.3 Å². The maximum Gasteiger partial charge on any atom is 0.278 e. The van der Waals surface area contributed by atoms with E-state index in [1.54, 1.807) is 16.7 Å². The molecular formula is C27H29N3O5. The van der Waals surface area contributed by atoms with Crippen molar-refractivity contribution >= 4 is 5.91 Å². The predicted molar refractivity (Wildman–Crippen MR) is 133 cm³/mol. The minimum atomic E-state index is -0.607. The number of carbonyl (C=O) groups is 1. The van der Waals surface area contributed by atoms with Crippen LogP contribution < -0.4 is 15.2 Å². The molecule has 2 bridgehead atoms. The minimum Gasteiger partial charge on any atom is -0.502 e. The van der Waals surface area contributed by atoms with Crippen LogP contribution in [0.5, 0.6) is 11.5 Å². The van der Waals surface area contributed by atoms with Gasteiger partial charge in [-0.2, -0.15) is 0 Å². The first-order valence-electron chi connectivity index (χ1n) is 11.1. The van der Waals surface area contributed by atoms with Gasteiger partial charge in [-0.25, -0.2) is 0 Å². The molecule has 0 aliphatic carbocycles. The molecule has 8 nitrogen and oxygen atoms in total. The lowest BCUT2D eigenvalue weighted by Gasteiger charge is -2.49. The van der Waals surface area contributed by atoms with Crippen molar-refractivity contribution < 1.29 is 19.4 Å². The summed E-state index contributed by atoms with van der Waals surface area (Å²) in [5.41, 5.74) is 1.14. The summed E-state index contributed by atoms with van der Waals surface area (Å²) in [6.45, 7) is 0.802. The van der Waals surface area contributed by atoms with Gasteiger partial charge in [0.25, 0.3) is 5.91 Å². The van der Waals surface area contributed by atoms with Gasteiger partial charge in [0, 0.05) is 31.5 Å². The Kier molecular flexibility index (Phi) is 6.93. The molecule has 2 aromatic carbocycles. The zero-order valence-electron chi connectivity index (χ0n) is 18.7. The number of fused-ring (bicyclic) bond motifs is 5. The van der Waals surface area contributed by atoms with Gasteiger partial charge in [0.15, 0.2) is 11.4 Å². The highest BCUT2D eigenvalue weighted by molar-refractivity contribution is 5.96. The molecule has 2 aliphatic rings. The summed E-state index contributed by atoms with van der Waals surface area (Å²) in [7, 11) is 1.59. The molecule has 0 fully saturated rings. The molecule has 182 valence electrons. The average Bonchev–Trinajstić information content (AvgIpc) is 2.87. The van der Waals surface area contributed by atoms with Crippen molar-refractivity contribution in [1.82, 2.24) is 9.58 Å². The molecule has 1 aromatic heterocycles. The van der Waals surface area contributed by atoms with E-state index in [9.17, 15) is 14.7 Å². The van der Waals surface area contributed by atoms with Crippen LogP contribution in [0.25, 0.3) is 0 Å². The average molecular weight is 476 g/mol. The zero-order chi connectivity index (χ0) is 23.7. The molecule has 8 heteroatoms. The fraction of sp³-hybridized carbons (Fsp3) is 0.259. The number of hydrogen-bond acceptors (Lipinski definition) is 6. The second kappa shape index (κ2) is 10.1. The van der Waals surface area contributed by atoms with Crippen LogP contribution in [0.4, 0.5) is 0 Å². The van der Waals surface area contributed by atoms with Gasteiger partial charge in [-0.1, -0.05) is 62.0 Å².